The minimum absolute atomic E-state index is 0. The number of amides is 1. The summed E-state index contributed by atoms with van der Waals surface area (Å²) in [6.07, 6.45) is 9.87. The maximum atomic E-state index is 12.8. The van der Waals surface area contributed by atoms with Crippen molar-refractivity contribution in [1.29, 1.82) is 0 Å². The van der Waals surface area contributed by atoms with Gasteiger partial charge in [-0.15, -0.1) is 23.7 Å². The zero-order chi connectivity index (χ0) is 14.7. The van der Waals surface area contributed by atoms with Crippen LogP contribution >= 0.6 is 23.7 Å². The van der Waals surface area contributed by atoms with Gasteiger partial charge < -0.3 is 10.2 Å². The highest BCUT2D eigenvalue weighted by Gasteiger charge is 2.30. The van der Waals surface area contributed by atoms with Crippen molar-refractivity contribution in [3.05, 3.63) is 21.4 Å². The minimum Gasteiger partial charge on any atom is -0.334 e. The molecule has 1 aromatic heterocycles. The van der Waals surface area contributed by atoms with Gasteiger partial charge in [-0.05, 0) is 57.2 Å². The lowest BCUT2D eigenvalue weighted by atomic mass is 10.00. The topological polar surface area (TPSA) is 32.3 Å². The maximum absolute atomic E-state index is 12.8. The first-order valence-corrected chi connectivity index (χ1v) is 9.18. The van der Waals surface area contributed by atoms with E-state index in [2.05, 4.69) is 16.3 Å². The number of hydrogen-bond donors (Lipinski definition) is 1. The average Bonchev–Trinajstić information content (AvgIpc) is 3.06. The molecule has 0 bridgehead atoms. The fourth-order valence-corrected chi connectivity index (χ4v) is 4.85. The predicted octanol–water partition coefficient (Wildman–Crippen LogP) is 3.65. The molecule has 5 heteroatoms. The van der Waals surface area contributed by atoms with Crippen LogP contribution in [0.3, 0.4) is 0 Å². The number of carbonyl (C=O) groups excluding carboxylic acids is 1. The molecule has 0 saturated carbocycles. The lowest BCUT2D eigenvalue weighted by Gasteiger charge is -2.23. The summed E-state index contributed by atoms with van der Waals surface area (Å²) >= 11 is 1.76. The van der Waals surface area contributed by atoms with Gasteiger partial charge in [-0.2, -0.15) is 0 Å². The third-order valence-electron chi connectivity index (χ3n) is 4.79. The Morgan fingerprint density at radius 2 is 2.05 bits per heavy atom. The van der Waals surface area contributed by atoms with Crippen LogP contribution in [0, 0.1) is 0 Å². The molecule has 1 saturated heterocycles. The van der Waals surface area contributed by atoms with Crippen LogP contribution in [-0.4, -0.2) is 37.0 Å². The molecular weight excluding hydrogens is 316 g/mol. The van der Waals surface area contributed by atoms with E-state index < -0.39 is 0 Å². The molecule has 1 unspecified atom stereocenters. The molecule has 22 heavy (non-hydrogen) atoms. The normalized spacial score (nSPS) is 21.7. The summed E-state index contributed by atoms with van der Waals surface area (Å²) < 4.78 is 0. The highest BCUT2D eigenvalue weighted by Crippen LogP contribution is 2.30. The van der Waals surface area contributed by atoms with Gasteiger partial charge in [-0.25, -0.2) is 0 Å². The zero-order valence-corrected chi connectivity index (χ0v) is 15.0. The van der Waals surface area contributed by atoms with Crippen LogP contribution in [0.2, 0.25) is 0 Å². The summed E-state index contributed by atoms with van der Waals surface area (Å²) in [6.45, 7) is 1.84. The van der Waals surface area contributed by atoms with Crippen molar-refractivity contribution in [3.8, 4) is 0 Å². The molecule has 1 aliphatic carbocycles. The average molecular weight is 343 g/mol. The van der Waals surface area contributed by atoms with Crippen LogP contribution in [0.25, 0.3) is 0 Å². The lowest BCUT2D eigenvalue weighted by molar-refractivity contribution is 0.0742. The zero-order valence-electron chi connectivity index (χ0n) is 13.4. The predicted molar refractivity (Wildman–Crippen MR) is 95.4 cm³/mol. The Labute approximate surface area is 143 Å². The van der Waals surface area contributed by atoms with E-state index in [-0.39, 0.29) is 18.3 Å². The summed E-state index contributed by atoms with van der Waals surface area (Å²) in [7, 11) is 1.97. The molecule has 1 N–H and O–H groups in total. The van der Waals surface area contributed by atoms with Crippen molar-refractivity contribution in [1.82, 2.24) is 10.2 Å². The Hall–Kier alpha value is -0.580. The number of nitrogens with one attached hydrogen (secondary N) is 1. The molecule has 124 valence electrons. The van der Waals surface area contributed by atoms with Gasteiger partial charge >= 0.3 is 0 Å². The molecule has 3 rings (SSSR count). The molecule has 1 atom stereocenters. The largest absolute Gasteiger partial charge is 0.334 e. The second-order valence-corrected chi connectivity index (χ2v) is 7.46. The molecule has 0 spiro atoms. The van der Waals surface area contributed by atoms with E-state index >= 15 is 0 Å². The SMILES string of the molecule is CNCC1CCCN1C(=O)c1cc2c(s1)CCCCCC2.Cl. The van der Waals surface area contributed by atoms with Gasteiger partial charge in [0.25, 0.3) is 5.91 Å². The number of likely N-dealkylation sites (tertiary alicyclic amines) is 1. The molecular formula is C17H27ClN2OS. The Balaban J connectivity index is 0.00000176. The third-order valence-corrected chi connectivity index (χ3v) is 6.01. The summed E-state index contributed by atoms with van der Waals surface area (Å²) in [5.41, 5.74) is 1.45. The van der Waals surface area contributed by atoms with Crippen molar-refractivity contribution in [2.24, 2.45) is 0 Å². The number of hydrogen-bond acceptors (Lipinski definition) is 3. The first-order valence-electron chi connectivity index (χ1n) is 8.36. The smallest absolute Gasteiger partial charge is 0.264 e. The van der Waals surface area contributed by atoms with E-state index in [0.717, 1.165) is 30.8 Å². The van der Waals surface area contributed by atoms with Gasteiger partial charge in [0.05, 0.1) is 4.88 Å². The quantitative estimate of drug-likeness (QED) is 0.909. The first-order chi connectivity index (χ1) is 10.3. The van der Waals surface area contributed by atoms with Gasteiger partial charge in [0.15, 0.2) is 0 Å². The number of likely N-dealkylation sites (N-methyl/N-ethyl adjacent to an activating group) is 1. The maximum Gasteiger partial charge on any atom is 0.264 e. The van der Waals surface area contributed by atoms with Gasteiger partial charge in [-0.1, -0.05) is 12.8 Å². The van der Waals surface area contributed by atoms with Crippen LogP contribution in [0.15, 0.2) is 6.07 Å². The van der Waals surface area contributed by atoms with Gasteiger partial charge in [0, 0.05) is 24.0 Å². The van der Waals surface area contributed by atoms with Crippen molar-refractivity contribution in [2.45, 2.75) is 57.4 Å². The fraction of sp³-hybridized carbons (Fsp3) is 0.706. The number of thiophene rings is 1. The van der Waals surface area contributed by atoms with E-state index in [0.29, 0.717) is 6.04 Å². The Morgan fingerprint density at radius 1 is 1.27 bits per heavy atom. The van der Waals surface area contributed by atoms with Crippen LogP contribution in [-0.2, 0) is 12.8 Å². The Morgan fingerprint density at radius 3 is 2.82 bits per heavy atom. The summed E-state index contributed by atoms with van der Waals surface area (Å²) in [5, 5.41) is 3.22. The highest BCUT2D eigenvalue weighted by molar-refractivity contribution is 7.14. The first kappa shape index (κ1) is 17.8. The van der Waals surface area contributed by atoms with Crippen molar-refractivity contribution in [2.75, 3.05) is 20.1 Å². The molecule has 1 aromatic rings. The van der Waals surface area contributed by atoms with Crippen LogP contribution in [0.4, 0.5) is 0 Å². The van der Waals surface area contributed by atoms with Crippen LogP contribution in [0.5, 0.6) is 0 Å². The summed E-state index contributed by atoms with van der Waals surface area (Å²) in [5.74, 6) is 0.268. The van der Waals surface area contributed by atoms with Crippen molar-refractivity contribution < 1.29 is 4.79 Å². The summed E-state index contributed by atoms with van der Waals surface area (Å²) in [4.78, 5) is 17.4. The number of halogens is 1. The third kappa shape index (κ3) is 3.84. The number of fused-ring (bicyclic) bond motifs is 1. The molecule has 1 aliphatic heterocycles. The van der Waals surface area contributed by atoms with E-state index in [9.17, 15) is 4.79 Å². The van der Waals surface area contributed by atoms with E-state index in [1.807, 2.05) is 7.05 Å². The second-order valence-electron chi connectivity index (χ2n) is 6.33. The van der Waals surface area contributed by atoms with Gasteiger partial charge in [-0.3, -0.25) is 4.79 Å². The Bertz CT molecular complexity index is 477. The number of rotatable bonds is 3. The Kier molecular flexibility index (Phi) is 6.72. The van der Waals surface area contributed by atoms with Crippen LogP contribution in [0.1, 0.15) is 58.6 Å². The molecule has 2 heterocycles. The van der Waals surface area contributed by atoms with Gasteiger partial charge in [0.2, 0.25) is 0 Å². The minimum atomic E-state index is 0. The molecule has 2 aliphatic rings. The molecule has 1 fully saturated rings. The van der Waals surface area contributed by atoms with Crippen molar-refractivity contribution in [3.63, 3.8) is 0 Å². The molecule has 3 nitrogen and oxygen atoms in total. The van der Waals surface area contributed by atoms with E-state index in [1.54, 1.807) is 11.3 Å². The molecule has 1 amide bonds. The van der Waals surface area contributed by atoms with Crippen molar-refractivity contribution >= 4 is 29.7 Å². The lowest BCUT2D eigenvalue weighted by Crippen LogP contribution is -2.40. The standard InChI is InChI=1S/C17H26N2OS.ClH/c1-18-12-14-8-6-10-19(14)17(20)16-11-13-7-4-2-3-5-9-15(13)21-16;/h11,14,18H,2-10,12H2,1H3;1H. The molecule has 0 radical (unpaired) electrons. The monoisotopic (exact) mass is 342 g/mol. The number of carbonyl (C=O) groups is 1. The van der Waals surface area contributed by atoms with Crippen LogP contribution < -0.4 is 5.32 Å². The second kappa shape index (κ2) is 8.32. The highest BCUT2D eigenvalue weighted by atomic mass is 35.5. The fourth-order valence-electron chi connectivity index (χ4n) is 3.64. The van der Waals surface area contributed by atoms with E-state index in [1.165, 1.54) is 49.0 Å². The van der Waals surface area contributed by atoms with Gasteiger partial charge in [0.1, 0.15) is 0 Å². The number of aryl methyl sites for hydroxylation is 2. The van der Waals surface area contributed by atoms with E-state index in [4.69, 9.17) is 0 Å². The number of nitrogens with zero attached hydrogens (tertiary/aromatic N) is 1. The summed E-state index contributed by atoms with van der Waals surface area (Å²) in [6, 6.07) is 2.58. The molecule has 0 aromatic carbocycles.